The minimum absolute atomic E-state index is 0.146. The second-order valence-corrected chi connectivity index (χ2v) is 7.07. The molecular weight excluding hydrogens is 286 g/mol. The highest BCUT2D eigenvalue weighted by molar-refractivity contribution is 5.77. The van der Waals surface area contributed by atoms with Crippen molar-refractivity contribution in [2.24, 2.45) is 17.8 Å². The van der Waals surface area contributed by atoms with Gasteiger partial charge in [0.25, 0.3) is 0 Å². The molecule has 1 N–H and O–H groups in total. The van der Waals surface area contributed by atoms with E-state index in [0.29, 0.717) is 12.3 Å². The summed E-state index contributed by atoms with van der Waals surface area (Å²) in [5.41, 5.74) is 1.06. The highest BCUT2D eigenvalue weighted by Crippen LogP contribution is 2.49. The molecule has 0 radical (unpaired) electrons. The second-order valence-electron chi connectivity index (χ2n) is 7.07. The molecule has 1 aromatic carbocycles. The van der Waals surface area contributed by atoms with Crippen LogP contribution in [0.4, 0.5) is 0 Å². The van der Waals surface area contributed by atoms with Crippen LogP contribution in [-0.2, 0) is 4.79 Å². The quantitative estimate of drug-likeness (QED) is 0.894. The van der Waals surface area contributed by atoms with Crippen LogP contribution in [0.25, 0.3) is 0 Å². The summed E-state index contributed by atoms with van der Waals surface area (Å²) < 4.78 is 5.56. The first kappa shape index (κ1) is 14.6. The lowest BCUT2D eigenvalue weighted by atomic mass is 9.86. The van der Waals surface area contributed by atoms with E-state index in [9.17, 15) is 4.79 Å². The number of benzene rings is 1. The van der Waals surface area contributed by atoms with E-state index in [1.54, 1.807) is 6.26 Å². The van der Waals surface area contributed by atoms with Crippen LogP contribution in [0, 0.1) is 17.8 Å². The fourth-order valence-electron chi connectivity index (χ4n) is 4.50. The topological polar surface area (TPSA) is 42.2 Å². The number of nitrogens with one attached hydrogen (secondary N) is 1. The fraction of sp³-hybridized carbons (Fsp3) is 0.450. The predicted molar refractivity (Wildman–Crippen MR) is 88.7 cm³/mol. The third-order valence-electron chi connectivity index (χ3n) is 5.60. The van der Waals surface area contributed by atoms with Gasteiger partial charge in [-0.2, -0.15) is 0 Å². The summed E-state index contributed by atoms with van der Waals surface area (Å²) in [6.45, 7) is 0. The van der Waals surface area contributed by atoms with E-state index in [4.69, 9.17) is 4.42 Å². The first-order valence-corrected chi connectivity index (χ1v) is 8.67. The van der Waals surface area contributed by atoms with E-state index in [1.807, 2.05) is 42.5 Å². The van der Waals surface area contributed by atoms with Crippen LogP contribution in [-0.4, -0.2) is 5.91 Å². The summed E-state index contributed by atoms with van der Waals surface area (Å²) >= 11 is 0. The van der Waals surface area contributed by atoms with Gasteiger partial charge in [-0.05, 0) is 54.7 Å². The molecule has 2 aliphatic rings. The summed E-state index contributed by atoms with van der Waals surface area (Å²) in [5, 5.41) is 3.19. The zero-order valence-corrected chi connectivity index (χ0v) is 13.3. The Bertz CT molecular complexity index is 650. The number of carbonyl (C=O) groups excluding carboxylic acids is 1. The Morgan fingerprint density at radius 3 is 2.65 bits per heavy atom. The van der Waals surface area contributed by atoms with Crippen molar-refractivity contribution in [1.82, 2.24) is 5.32 Å². The molecule has 2 saturated carbocycles. The van der Waals surface area contributed by atoms with Crippen molar-refractivity contribution in [2.75, 3.05) is 0 Å². The molecule has 4 atom stereocenters. The molecule has 3 nitrogen and oxygen atoms in total. The third kappa shape index (κ3) is 3.05. The third-order valence-corrected chi connectivity index (χ3v) is 5.60. The van der Waals surface area contributed by atoms with Gasteiger partial charge >= 0.3 is 0 Å². The minimum atomic E-state index is -0.197. The molecule has 2 fully saturated rings. The largest absolute Gasteiger partial charge is 0.467 e. The average molecular weight is 309 g/mol. The number of hydrogen-bond donors (Lipinski definition) is 1. The van der Waals surface area contributed by atoms with Crippen LogP contribution < -0.4 is 5.32 Å². The Kier molecular flexibility index (Phi) is 3.94. The second kappa shape index (κ2) is 6.23. The summed E-state index contributed by atoms with van der Waals surface area (Å²) in [7, 11) is 0. The van der Waals surface area contributed by atoms with Crippen molar-refractivity contribution >= 4 is 5.91 Å². The molecule has 0 aliphatic heterocycles. The van der Waals surface area contributed by atoms with Crippen LogP contribution in [0.1, 0.15) is 49.5 Å². The first-order valence-electron chi connectivity index (χ1n) is 8.67. The Hall–Kier alpha value is -2.03. The lowest BCUT2D eigenvalue weighted by Crippen LogP contribution is -2.31. The average Bonchev–Trinajstić information content (AvgIpc) is 3.31. The lowest BCUT2D eigenvalue weighted by molar-refractivity contribution is -0.123. The maximum absolute atomic E-state index is 12.6. The Morgan fingerprint density at radius 2 is 2.00 bits per heavy atom. The summed E-state index contributed by atoms with van der Waals surface area (Å²) in [4.78, 5) is 12.6. The van der Waals surface area contributed by atoms with Crippen LogP contribution >= 0.6 is 0 Å². The summed E-state index contributed by atoms with van der Waals surface area (Å²) in [5.74, 6) is 3.18. The van der Waals surface area contributed by atoms with E-state index in [1.165, 1.54) is 25.7 Å². The minimum Gasteiger partial charge on any atom is -0.467 e. The van der Waals surface area contributed by atoms with Crippen molar-refractivity contribution < 1.29 is 9.21 Å². The van der Waals surface area contributed by atoms with Gasteiger partial charge < -0.3 is 9.73 Å². The standard InChI is InChI=1S/C20H23NO2/c22-19(13-17-12-14-8-9-16(17)11-14)21-20(18-7-4-10-23-18)15-5-2-1-3-6-15/h1-7,10,14,16-17,20H,8-9,11-13H2,(H,21,22). The van der Waals surface area contributed by atoms with Crippen molar-refractivity contribution in [1.29, 1.82) is 0 Å². The molecule has 4 rings (SSSR count). The SMILES string of the molecule is O=C(CC1CC2CCC1C2)NC(c1ccccc1)c1ccco1. The molecule has 120 valence electrons. The molecule has 0 spiro atoms. The monoisotopic (exact) mass is 309 g/mol. The predicted octanol–water partition coefficient (Wildman–Crippen LogP) is 4.31. The molecule has 1 aromatic heterocycles. The Morgan fingerprint density at radius 1 is 1.13 bits per heavy atom. The fourth-order valence-corrected chi connectivity index (χ4v) is 4.50. The Balaban J connectivity index is 1.46. The molecule has 1 amide bonds. The normalized spacial score (nSPS) is 27.0. The number of hydrogen-bond acceptors (Lipinski definition) is 2. The number of rotatable bonds is 5. The van der Waals surface area contributed by atoms with E-state index in [-0.39, 0.29) is 11.9 Å². The van der Waals surface area contributed by atoms with Gasteiger partial charge in [-0.25, -0.2) is 0 Å². The van der Waals surface area contributed by atoms with Gasteiger partial charge in [0.15, 0.2) is 0 Å². The molecule has 2 aliphatic carbocycles. The van der Waals surface area contributed by atoms with E-state index >= 15 is 0 Å². The molecule has 2 aromatic rings. The van der Waals surface area contributed by atoms with E-state index < -0.39 is 0 Å². The number of carbonyl (C=O) groups is 1. The molecule has 1 heterocycles. The molecular formula is C20H23NO2. The van der Waals surface area contributed by atoms with Gasteiger partial charge in [-0.1, -0.05) is 36.8 Å². The number of furan rings is 1. The van der Waals surface area contributed by atoms with Crippen molar-refractivity contribution in [2.45, 2.75) is 38.1 Å². The van der Waals surface area contributed by atoms with Gasteiger partial charge in [-0.15, -0.1) is 0 Å². The van der Waals surface area contributed by atoms with Gasteiger partial charge in [0.05, 0.1) is 6.26 Å². The highest BCUT2D eigenvalue weighted by Gasteiger charge is 2.40. The van der Waals surface area contributed by atoms with Gasteiger partial charge in [0.1, 0.15) is 11.8 Å². The van der Waals surface area contributed by atoms with E-state index in [0.717, 1.165) is 23.2 Å². The van der Waals surface area contributed by atoms with Crippen molar-refractivity contribution in [3.63, 3.8) is 0 Å². The maximum Gasteiger partial charge on any atom is 0.221 e. The highest BCUT2D eigenvalue weighted by atomic mass is 16.3. The van der Waals surface area contributed by atoms with Crippen LogP contribution in [0.5, 0.6) is 0 Å². The van der Waals surface area contributed by atoms with Crippen LogP contribution in [0.15, 0.2) is 53.1 Å². The molecule has 4 unspecified atom stereocenters. The molecule has 0 saturated heterocycles. The molecule has 3 heteroatoms. The zero-order valence-electron chi connectivity index (χ0n) is 13.3. The van der Waals surface area contributed by atoms with Gasteiger partial charge in [-0.3, -0.25) is 4.79 Å². The summed E-state index contributed by atoms with van der Waals surface area (Å²) in [6.07, 6.45) is 7.61. The Labute approximate surface area is 137 Å². The summed E-state index contributed by atoms with van der Waals surface area (Å²) in [6, 6.07) is 13.6. The van der Waals surface area contributed by atoms with Crippen molar-refractivity contribution in [3.05, 3.63) is 60.1 Å². The smallest absolute Gasteiger partial charge is 0.221 e. The number of amides is 1. The van der Waals surface area contributed by atoms with Gasteiger partial charge in [0, 0.05) is 6.42 Å². The van der Waals surface area contributed by atoms with Crippen LogP contribution in [0.2, 0.25) is 0 Å². The van der Waals surface area contributed by atoms with Gasteiger partial charge in [0.2, 0.25) is 5.91 Å². The zero-order chi connectivity index (χ0) is 15.6. The van der Waals surface area contributed by atoms with E-state index in [2.05, 4.69) is 5.32 Å². The van der Waals surface area contributed by atoms with Crippen LogP contribution in [0.3, 0.4) is 0 Å². The molecule has 2 bridgehead atoms. The lowest BCUT2D eigenvalue weighted by Gasteiger charge is -2.23. The molecule has 23 heavy (non-hydrogen) atoms. The number of fused-ring (bicyclic) bond motifs is 2. The first-order chi connectivity index (χ1) is 11.3. The maximum atomic E-state index is 12.6. The van der Waals surface area contributed by atoms with Crippen molar-refractivity contribution in [3.8, 4) is 0 Å².